The SMILES string of the molecule is COc1ccc(Cn2cnc(C)c2C)cc1CN. The van der Waals surface area contributed by atoms with Crippen molar-refractivity contribution < 1.29 is 4.74 Å². The largest absolute Gasteiger partial charge is 0.496 e. The summed E-state index contributed by atoms with van der Waals surface area (Å²) >= 11 is 0. The molecule has 96 valence electrons. The monoisotopic (exact) mass is 245 g/mol. The second-order valence-electron chi connectivity index (χ2n) is 4.39. The summed E-state index contributed by atoms with van der Waals surface area (Å²) in [6, 6.07) is 6.12. The van der Waals surface area contributed by atoms with Gasteiger partial charge in [0.05, 0.1) is 19.1 Å². The predicted molar refractivity (Wildman–Crippen MR) is 71.7 cm³/mol. The van der Waals surface area contributed by atoms with Crippen LogP contribution in [0.25, 0.3) is 0 Å². The molecule has 0 radical (unpaired) electrons. The van der Waals surface area contributed by atoms with Crippen LogP contribution in [0, 0.1) is 13.8 Å². The second-order valence-corrected chi connectivity index (χ2v) is 4.39. The molecule has 4 nitrogen and oxygen atoms in total. The van der Waals surface area contributed by atoms with Crippen LogP contribution in [0.2, 0.25) is 0 Å². The van der Waals surface area contributed by atoms with Crippen LogP contribution in [0.5, 0.6) is 5.75 Å². The van der Waals surface area contributed by atoms with E-state index in [9.17, 15) is 0 Å². The molecule has 1 aromatic carbocycles. The average molecular weight is 245 g/mol. The first-order valence-electron chi connectivity index (χ1n) is 6.00. The molecule has 0 aliphatic heterocycles. The smallest absolute Gasteiger partial charge is 0.123 e. The van der Waals surface area contributed by atoms with Crippen LogP contribution in [0.1, 0.15) is 22.5 Å². The fourth-order valence-corrected chi connectivity index (χ4v) is 1.99. The van der Waals surface area contributed by atoms with E-state index in [4.69, 9.17) is 10.5 Å². The fourth-order valence-electron chi connectivity index (χ4n) is 1.99. The summed E-state index contributed by atoms with van der Waals surface area (Å²) in [5.74, 6) is 0.847. The van der Waals surface area contributed by atoms with Crippen LogP contribution in [0.4, 0.5) is 0 Å². The summed E-state index contributed by atoms with van der Waals surface area (Å²) < 4.78 is 7.41. The Morgan fingerprint density at radius 1 is 1.33 bits per heavy atom. The van der Waals surface area contributed by atoms with Crippen LogP contribution in [0.3, 0.4) is 0 Å². The summed E-state index contributed by atoms with van der Waals surface area (Å²) in [6.45, 7) is 5.39. The minimum absolute atomic E-state index is 0.485. The van der Waals surface area contributed by atoms with Gasteiger partial charge in [-0.25, -0.2) is 4.98 Å². The molecule has 0 saturated carbocycles. The van der Waals surface area contributed by atoms with Gasteiger partial charge in [-0.15, -0.1) is 0 Å². The lowest BCUT2D eigenvalue weighted by molar-refractivity contribution is 0.409. The lowest BCUT2D eigenvalue weighted by atomic mass is 10.1. The van der Waals surface area contributed by atoms with Gasteiger partial charge in [0.2, 0.25) is 0 Å². The standard InChI is InChI=1S/C14H19N3O/c1-10-11(2)17(9-16-10)8-12-4-5-14(18-3)13(6-12)7-15/h4-6,9H,7-8,15H2,1-3H3. The number of methoxy groups -OCH3 is 1. The average Bonchev–Trinajstić information content (AvgIpc) is 2.70. The third kappa shape index (κ3) is 2.38. The maximum absolute atomic E-state index is 5.72. The third-order valence-corrected chi connectivity index (χ3v) is 3.26. The molecule has 0 unspecified atom stereocenters. The number of aromatic nitrogens is 2. The third-order valence-electron chi connectivity index (χ3n) is 3.26. The van der Waals surface area contributed by atoms with Gasteiger partial charge in [0.1, 0.15) is 5.75 Å². The maximum Gasteiger partial charge on any atom is 0.123 e. The number of rotatable bonds is 4. The Labute approximate surface area is 107 Å². The van der Waals surface area contributed by atoms with E-state index in [1.165, 1.54) is 11.3 Å². The lowest BCUT2D eigenvalue weighted by Gasteiger charge is -2.10. The highest BCUT2D eigenvalue weighted by molar-refractivity contribution is 5.37. The Bertz CT molecular complexity index is 546. The van der Waals surface area contributed by atoms with Crippen molar-refractivity contribution in [1.82, 2.24) is 9.55 Å². The zero-order valence-corrected chi connectivity index (χ0v) is 11.1. The van der Waals surface area contributed by atoms with Gasteiger partial charge in [0.25, 0.3) is 0 Å². The number of benzene rings is 1. The molecule has 1 aromatic heterocycles. The first-order valence-corrected chi connectivity index (χ1v) is 6.00. The van der Waals surface area contributed by atoms with Crippen LogP contribution >= 0.6 is 0 Å². The van der Waals surface area contributed by atoms with E-state index in [0.717, 1.165) is 23.6 Å². The predicted octanol–water partition coefficient (Wildman–Crippen LogP) is 2.02. The van der Waals surface area contributed by atoms with Crippen LogP contribution in [-0.2, 0) is 13.1 Å². The Balaban J connectivity index is 2.27. The molecule has 0 saturated heterocycles. The van der Waals surface area contributed by atoms with Gasteiger partial charge >= 0.3 is 0 Å². The van der Waals surface area contributed by atoms with Gasteiger partial charge in [-0.1, -0.05) is 6.07 Å². The van der Waals surface area contributed by atoms with E-state index < -0.39 is 0 Å². The molecule has 4 heteroatoms. The summed E-state index contributed by atoms with van der Waals surface area (Å²) in [7, 11) is 1.66. The van der Waals surface area contributed by atoms with Crippen molar-refractivity contribution in [3.8, 4) is 5.75 Å². The first-order chi connectivity index (χ1) is 8.65. The van der Waals surface area contributed by atoms with E-state index in [2.05, 4.69) is 28.6 Å². The molecule has 0 aliphatic rings. The van der Waals surface area contributed by atoms with Crippen molar-refractivity contribution in [2.75, 3.05) is 7.11 Å². The van der Waals surface area contributed by atoms with Gasteiger partial charge in [-0.05, 0) is 31.5 Å². The van der Waals surface area contributed by atoms with E-state index in [1.54, 1.807) is 7.11 Å². The molecular weight excluding hydrogens is 226 g/mol. The molecule has 18 heavy (non-hydrogen) atoms. The van der Waals surface area contributed by atoms with Crippen molar-refractivity contribution in [2.45, 2.75) is 26.9 Å². The molecule has 0 amide bonds. The van der Waals surface area contributed by atoms with E-state index in [-0.39, 0.29) is 0 Å². The number of ether oxygens (including phenoxy) is 1. The molecule has 0 bridgehead atoms. The van der Waals surface area contributed by atoms with Crippen LogP contribution in [-0.4, -0.2) is 16.7 Å². The molecule has 0 atom stereocenters. The molecule has 2 rings (SSSR count). The number of nitrogens with two attached hydrogens (primary N) is 1. The molecule has 0 spiro atoms. The zero-order chi connectivity index (χ0) is 13.1. The number of aryl methyl sites for hydroxylation is 1. The van der Waals surface area contributed by atoms with Crippen LogP contribution in [0.15, 0.2) is 24.5 Å². The van der Waals surface area contributed by atoms with Crippen LogP contribution < -0.4 is 10.5 Å². The fraction of sp³-hybridized carbons (Fsp3) is 0.357. The molecule has 0 aliphatic carbocycles. The van der Waals surface area contributed by atoms with E-state index in [0.29, 0.717) is 6.54 Å². The number of imidazole rings is 1. The van der Waals surface area contributed by atoms with Crippen molar-refractivity contribution in [3.05, 3.63) is 47.0 Å². The van der Waals surface area contributed by atoms with Gasteiger partial charge in [0.15, 0.2) is 0 Å². The first kappa shape index (κ1) is 12.6. The normalized spacial score (nSPS) is 10.7. The van der Waals surface area contributed by atoms with E-state index >= 15 is 0 Å². The Hall–Kier alpha value is -1.81. The van der Waals surface area contributed by atoms with Crippen molar-refractivity contribution in [1.29, 1.82) is 0 Å². The zero-order valence-electron chi connectivity index (χ0n) is 11.1. The molecule has 2 N–H and O–H groups in total. The molecule has 1 heterocycles. The minimum Gasteiger partial charge on any atom is -0.496 e. The minimum atomic E-state index is 0.485. The van der Waals surface area contributed by atoms with Crippen molar-refractivity contribution in [3.63, 3.8) is 0 Å². The van der Waals surface area contributed by atoms with Gasteiger partial charge < -0.3 is 15.0 Å². The Kier molecular flexibility index (Phi) is 3.67. The molecular formula is C14H19N3O. The van der Waals surface area contributed by atoms with Gasteiger partial charge in [-0.3, -0.25) is 0 Å². The second kappa shape index (κ2) is 5.23. The lowest BCUT2D eigenvalue weighted by Crippen LogP contribution is -2.04. The molecule has 0 fully saturated rings. The summed E-state index contributed by atoms with van der Waals surface area (Å²) in [5, 5.41) is 0. The highest BCUT2D eigenvalue weighted by Crippen LogP contribution is 2.20. The Morgan fingerprint density at radius 2 is 2.11 bits per heavy atom. The number of hydrogen-bond donors (Lipinski definition) is 1. The summed E-state index contributed by atoms with van der Waals surface area (Å²) in [6.07, 6.45) is 1.87. The number of nitrogens with zero attached hydrogens (tertiary/aromatic N) is 2. The quantitative estimate of drug-likeness (QED) is 0.896. The van der Waals surface area contributed by atoms with Crippen molar-refractivity contribution in [2.24, 2.45) is 5.73 Å². The maximum atomic E-state index is 5.72. The Morgan fingerprint density at radius 3 is 2.67 bits per heavy atom. The summed E-state index contributed by atoms with van der Waals surface area (Å²) in [4.78, 5) is 4.30. The topological polar surface area (TPSA) is 53.1 Å². The van der Waals surface area contributed by atoms with E-state index in [1.807, 2.05) is 19.3 Å². The van der Waals surface area contributed by atoms with Gasteiger partial charge in [-0.2, -0.15) is 0 Å². The number of hydrogen-bond acceptors (Lipinski definition) is 3. The highest BCUT2D eigenvalue weighted by Gasteiger charge is 2.06. The van der Waals surface area contributed by atoms with Gasteiger partial charge in [0, 0.05) is 24.3 Å². The summed E-state index contributed by atoms with van der Waals surface area (Å²) in [5.41, 5.74) is 10.2. The highest BCUT2D eigenvalue weighted by atomic mass is 16.5. The molecule has 2 aromatic rings. The van der Waals surface area contributed by atoms with Crippen molar-refractivity contribution >= 4 is 0 Å².